The first-order valence-corrected chi connectivity index (χ1v) is 15.1. The fourth-order valence-corrected chi connectivity index (χ4v) is 6.35. The Bertz CT molecular complexity index is 1540. The van der Waals surface area contributed by atoms with Crippen LogP contribution >= 0.6 is 11.6 Å². The van der Waals surface area contributed by atoms with Gasteiger partial charge < -0.3 is 4.90 Å². The number of anilines is 1. The maximum atomic E-state index is 13.8. The monoisotopic (exact) mass is 601 g/mol. The highest BCUT2D eigenvalue weighted by Gasteiger charge is 2.46. The summed E-state index contributed by atoms with van der Waals surface area (Å²) < 4.78 is 61.6. The van der Waals surface area contributed by atoms with Crippen molar-refractivity contribution < 1.29 is 21.8 Å². The largest absolute Gasteiger partial charge is 0.436 e. The quantitative estimate of drug-likeness (QED) is 0.240. The molecule has 3 heterocycles. The Balaban J connectivity index is 1.63. The highest BCUT2D eigenvalue weighted by atomic mass is 35.5. The minimum absolute atomic E-state index is 0.0463. The maximum absolute atomic E-state index is 13.8. The van der Waals surface area contributed by atoms with E-state index in [1.54, 1.807) is 34.1 Å². The number of halogens is 3. The van der Waals surface area contributed by atoms with Crippen molar-refractivity contribution >= 4 is 39.2 Å². The summed E-state index contributed by atoms with van der Waals surface area (Å²) in [4.78, 5) is 1.92. The zero-order valence-electron chi connectivity index (χ0n) is 23.0. The smallest absolute Gasteiger partial charge is 0.377 e. The zero-order valence-corrected chi connectivity index (χ0v) is 24.6. The number of nitrogens with zero attached hydrogens (tertiary/aromatic N) is 6. The van der Waals surface area contributed by atoms with Gasteiger partial charge in [0.05, 0.1) is 24.0 Å². The Hall–Kier alpha value is -3.41. The minimum atomic E-state index is -4.31. The van der Waals surface area contributed by atoms with Crippen LogP contribution in [0.4, 0.5) is 14.5 Å². The summed E-state index contributed by atoms with van der Waals surface area (Å²) in [5.74, 6) is -3.06. The molecule has 0 bridgehead atoms. The normalized spacial score (nSPS) is 21.6. The lowest BCUT2D eigenvalue weighted by Crippen LogP contribution is -2.54. The van der Waals surface area contributed by atoms with Gasteiger partial charge in [-0.05, 0) is 42.3 Å². The van der Waals surface area contributed by atoms with E-state index >= 15 is 0 Å². The molecule has 1 saturated heterocycles. The van der Waals surface area contributed by atoms with E-state index in [-0.39, 0.29) is 31.0 Å². The third kappa shape index (κ3) is 6.27. The fourth-order valence-electron chi connectivity index (χ4n) is 5.08. The highest BCUT2D eigenvalue weighted by molar-refractivity contribution is 7.87. The second-order valence-corrected chi connectivity index (χ2v) is 12.5. The van der Waals surface area contributed by atoms with Crippen LogP contribution in [0.2, 0.25) is 5.02 Å². The number of benzene rings is 2. The third-order valence-electron chi connectivity index (χ3n) is 7.42. The molecule has 41 heavy (non-hydrogen) atoms. The molecule has 5 rings (SSSR count). The number of hydrogen-bond donors (Lipinski definition) is 0. The van der Waals surface area contributed by atoms with Crippen molar-refractivity contribution in [3.8, 4) is 0 Å². The molecule has 3 aromatic rings. The molecule has 0 spiro atoms. The molecule has 12 heteroatoms. The molecule has 0 amide bonds. The van der Waals surface area contributed by atoms with E-state index in [0.717, 1.165) is 26.8 Å². The zero-order chi connectivity index (χ0) is 29.4. The Labute approximate surface area is 244 Å². The van der Waals surface area contributed by atoms with E-state index in [4.69, 9.17) is 16.7 Å². The van der Waals surface area contributed by atoms with Crippen molar-refractivity contribution in [2.45, 2.75) is 37.6 Å². The molecule has 2 aliphatic rings. The summed E-state index contributed by atoms with van der Waals surface area (Å²) in [5.41, 5.74) is 3.48. The molecule has 1 fully saturated rings. The van der Waals surface area contributed by atoms with Crippen LogP contribution in [-0.2, 0) is 10.2 Å². The van der Waals surface area contributed by atoms with Crippen LogP contribution in [-0.4, -0.2) is 68.6 Å². The van der Waals surface area contributed by atoms with Crippen LogP contribution in [0.5, 0.6) is 0 Å². The van der Waals surface area contributed by atoms with Gasteiger partial charge in [0.25, 0.3) is 5.92 Å². The first kappa shape index (κ1) is 29.1. The minimum Gasteiger partial charge on any atom is -0.377 e. The van der Waals surface area contributed by atoms with Gasteiger partial charge in [-0.2, -0.15) is 12.7 Å². The summed E-state index contributed by atoms with van der Waals surface area (Å²) in [6.07, 6.45) is 2.34. The molecular weight excluding hydrogens is 570 g/mol. The molecule has 1 aromatic heterocycles. The van der Waals surface area contributed by atoms with Gasteiger partial charge >= 0.3 is 16.2 Å². The van der Waals surface area contributed by atoms with Gasteiger partial charge in [-0.25, -0.2) is 13.3 Å². The lowest BCUT2D eigenvalue weighted by atomic mass is 9.86. The van der Waals surface area contributed by atoms with E-state index in [9.17, 15) is 17.2 Å². The fraction of sp³-hybridized carbons (Fsp3) is 0.345. The second-order valence-electron chi connectivity index (χ2n) is 10.4. The first-order chi connectivity index (χ1) is 19.4. The van der Waals surface area contributed by atoms with E-state index < -0.39 is 29.0 Å². The van der Waals surface area contributed by atoms with Crippen LogP contribution in [0, 0.1) is 0 Å². The van der Waals surface area contributed by atoms with Crippen LogP contribution in [0.3, 0.4) is 0 Å². The first-order valence-electron chi connectivity index (χ1n) is 13.3. The Kier molecular flexibility index (Phi) is 8.13. The van der Waals surface area contributed by atoms with Crippen LogP contribution < -0.4 is 9.47 Å². The van der Waals surface area contributed by atoms with Crippen LogP contribution in [0.1, 0.15) is 36.8 Å². The molecule has 2 atom stereocenters. The summed E-state index contributed by atoms with van der Waals surface area (Å²) >= 11 is 6.16. The van der Waals surface area contributed by atoms with Crippen molar-refractivity contribution in [2.24, 2.45) is 9.50 Å². The van der Waals surface area contributed by atoms with Gasteiger partial charge in [0.1, 0.15) is 6.04 Å². The molecule has 8 nitrogen and oxygen atoms in total. The van der Waals surface area contributed by atoms with E-state index in [0.29, 0.717) is 5.02 Å². The van der Waals surface area contributed by atoms with Crippen LogP contribution in [0.15, 0.2) is 88.6 Å². The topological polar surface area (TPSA) is 72.5 Å². The van der Waals surface area contributed by atoms with Gasteiger partial charge in [-0.3, -0.25) is 0 Å². The molecule has 0 radical (unpaired) electrons. The van der Waals surface area contributed by atoms with Gasteiger partial charge in [0.2, 0.25) is 0 Å². The maximum Gasteiger partial charge on any atom is 0.436 e. The molecule has 2 aromatic carbocycles. The number of hydrazone groups is 1. The van der Waals surface area contributed by atoms with Crippen molar-refractivity contribution in [3.63, 3.8) is 0 Å². The number of rotatable bonds is 5. The molecule has 0 aliphatic carbocycles. The van der Waals surface area contributed by atoms with Crippen LogP contribution in [0.25, 0.3) is 0 Å². The number of piperidine rings is 1. The predicted octanol–water partition coefficient (Wildman–Crippen LogP) is 4.77. The lowest BCUT2D eigenvalue weighted by molar-refractivity contribution is -0.565. The summed E-state index contributed by atoms with van der Waals surface area (Å²) in [5, 5.41) is 7.15. The number of aromatic nitrogens is 1. The van der Waals surface area contributed by atoms with Crippen molar-refractivity contribution in [1.29, 1.82) is 0 Å². The average molecular weight is 602 g/mol. The lowest BCUT2D eigenvalue weighted by Gasteiger charge is -2.28. The van der Waals surface area contributed by atoms with Gasteiger partial charge in [0.15, 0.2) is 0 Å². The molecule has 2 aliphatic heterocycles. The number of hydrogen-bond acceptors (Lipinski definition) is 4. The summed E-state index contributed by atoms with van der Waals surface area (Å²) in [6.45, 7) is 1.35. The molecule has 0 unspecified atom stereocenters. The van der Waals surface area contributed by atoms with E-state index in [1.165, 1.54) is 0 Å². The van der Waals surface area contributed by atoms with Gasteiger partial charge in [-0.15, -0.1) is 10.1 Å². The summed E-state index contributed by atoms with van der Waals surface area (Å²) in [7, 11) is -0.502. The third-order valence-corrected chi connectivity index (χ3v) is 9.08. The van der Waals surface area contributed by atoms with Crippen molar-refractivity contribution in [3.05, 3.63) is 95.3 Å². The molecular formula is C29H32ClF2N6O2S+. The SMILES string of the molecule is C[C@@H]1[C@H](c2ccccc2)C(c2ccc(Cl)cc2)=NN1/C(=N\S(=O)(=O)N1CCC(F)(F)CC1)[n+]1ccc(N(C)C)cc1. The molecule has 0 saturated carbocycles. The van der Waals surface area contributed by atoms with E-state index in [2.05, 4.69) is 4.40 Å². The molecule has 0 N–H and O–H groups in total. The second kappa shape index (κ2) is 11.5. The Morgan fingerprint density at radius 2 is 1.63 bits per heavy atom. The molecule has 216 valence electrons. The number of pyridine rings is 1. The van der Waals surface area contributed by atoms with E-state index in [1.807, 2.05) is 80.5 Å². The average Bonchev–Trinajstić information content (AvgIpc) is 3.29. The Morgan fingerprint density at radius 1 is 1.02 bits per heavy atom. The predicted molar refractivity (Wildman–Crippen MR) is 157 cm³/mol. The Morgan fingerprint density at radius 3 is 2.22 bits per heavy atom. The summed E-state index contributed by atoms with van der Waals surface area (Å²) in [6, 6.07) is 20.5. The van der Waals surface area contributed by atoms with Gasteiger partial charge in [-0.1, -0.05) is 54.1 Å². The van der Waals surface area contributed by atoms with Crippen molar-refractivity contribution in [1.82, 2.24) is 9.31 Å². The number of alkyl halides is 2. The van der Waals surface area contributed by atoms with Crippen molar-refractivity contribution in [2.75, 3.05) is 32.1 Å². The van der Waals surface area contributed by atoms with Gasteiger partial charge in [0, 0.05) is 55.1 Å². The standard InChI is InChI=1S/C29H32ClF2N6O2S/c1-21-26(22-7-5-4-6-8-22)27(23-9-11-24(30)12-10-23)33-38(21)28(36-17-13-25(14-18-36)35(2)3)34-41(39,40)37-19-15-29(31,32)16-20-37/h4-14,17-18,21,26H,15-16,19-20H2,1-3H3/q+1/b34-28-/t21-,26-/m1/s1. The highest BCUT2D eigenvalue weighted by Crippen LogP contribution is 2.35.